The molecule has 0 saturated carbocycles. The summed E-state index contributed by atoms with van der Waals surface area (Å²) in [5, 5.41) is 4.21. The van der Waals surface area contributed by atoms with Crippen LogP contribution in [-0.4, -0.2) is 17.6 Å². The van der Waals surface area contributed by atoms with Crippen LogP contribution in [0.2, 0.25) is 0 Å². The predicted molar refractivity (Wildman–Crippen MR) is 83.2 cm³/mol. The first kappa shape index (κ1) is 14.9. The molecule has 0 atom stereocenters. The summed E-state index contributed by atoms with van der Waals surface area (Å²) >= 11 is 1.57. The number of benzene rings is 1. The Hall–Kier alpha value is -1.46. The molecule has 0 unspecified atom stereocenters. The normalized spacial score (nSPS) is 11.7. The highest BCUT2D eigenvalue weighted by atomic mass is 32.1. The molecule has 0 amide bonds. The molecule has 0 spiro atoms. The summed E-state index contributed by atoms with van der Waals surface area (Å²) in [6.45, 7) is 7.15. The van der Waals surface area contributed by atoms with E-state index in [0.717, 1.165) is 16.6 Å². The van der Waals surface area contributed by atoms with E-state index < -0.39 is 0 Å². The zero-order valence-electron chi connectivity index (χ0n) is 12.3. The lowest BCUT2D eigenvalue weighted by Gasteiger charge is -2.19. The fraction of sp³-hybridized carbons (Fsp3) is 0.400. The lowest BCUT2D eigenvalue weighted by Crippen LogP contribution is -2.34. The minimum Gasteiger partial charge on any atom is -0.318 e. The highest BCUT2D eigenvalue weighted by Gasteiger charge is 2.14. The molecule has 0 bridgehead atoms. The summed E-state index contributed by atoms with van der Waals surface area (Å²) in [7, 11) is 1.83. The largest absolute Gasteiger partial charge is 0.318 e. The van der Waals surface area contributed by atoms with E-state index in [1.165, 1.54) is 6.07 Å². The van der Waals surface area contributed by atoms with Crippen molar-refractivity contribution in [2.45, 2.75) is 32.9 Å². The first-order chi connectivity index (χ1) is 9.37. The fourth-order valence-electron chi connectivity index (χ4n) is 1.71. The second-order valence-corrected chi connectivity index (χ2v) is 6.82. The molecule has 1 N–H and O–H groups in total. The van der Waals surface area contributed by atoms with Crippen LogP contribution in [0.4, 0.5) is 15.2 Å². The molecular formula is C15H20FN3S. The van der Waals surface area contributed by atoms with Gasteiger partial charge in [0.2, 0.25) is 0 Å². The Bertz CT molecular complexity index is 574. The number of hydrogen-bond acceptors (Lipinski definition) is 4. The molecule has 1 heterocycles. The Labute approximate surface area is 123 Å². The summed E-state index contributed by atoms with van der Waals surface area (Å²) in [5.74, 6) is -0.237. The van der Waals surface area contributed by atoms with Gasteiger partial charge in [0, 0.05) is 30.2 Å². The molecule has 2 rings (SSSR count). The Kier molecular flexibility index (Phi) is 4.40. The highest BCUT2D eigenvalue weighted by Crippen LogP contribution is 2.29. The molecule has 5 heteroatoms. The molecule has 2 aromatic rings. The van der Waals surface area contributed by atoms with Crippen molar-refractivity contribution in [3.63, 3.8) is 0 Å². The number of hydrogen-bond donors (Lipinski definition) is 1. The molecule has 0 aliphatic rings. The maximum atomic E-state index is 13.8. The van der Waals surface area contributed by atoms with Crippen molar-refractivity contribution in [2.75, 3.05) is 11.9 Å². The Morgan fingerprint density at radius 3 is 2.65 bits per heavy atom. The molecule has 1 aromatic carbocycles. The number of anilines is 2. The topological polar surface area (TPSA) is 28.2 Å². The SMILES string of the molecule is CN(c1ncc(CNC(C)(C)C)s1)c1ccccc1F. The van der Waals surface area contributed by atoms with Crippen LogP contribution in [0.1, 0.15) is 25.6 Å². The second-order valence-electron chi connectivity index (χ2n) is 5.72. The standard InChI is InChI=1S/C15H20FN3S/c1-15(2,3)18-10-11-9-17-14(20-11)19(4)13-8-6-5-7-12(13)16/h5-9,18H,10H2,1-4H3. The lowest BCUT2D eigenvalue weighted by atomic mass is 10.1. The molecule has 0 radical (unpaired) electrons. The molecule has 108 valence electrons. The molecule has 0 saturated heterocycles. The van der Waals surface area contributed by atoms with E-state index in [4.69, 9.17) is 0 Å². The van der Waals surface area contributed by atoms with Crippen LogP contribution >= 0.6 is 11.3 Å². The number of aromatic nitrogens is 1. The first-order valence-electron chi connectivity index (χ1n) is 6.55. The quantitative estimate of drug-likeness (QED) is 0.925. The lowest BCUT2D eigenvalue weighted by molar-refractivity contribution is 0.426. The van der Waals surface area contributed by atoms with Gasteiger partial charge in [0.1, 0.15) is 5.82 Å². The van der Waals surface area contributed by atoms with Gasteiger partial charge in [-0.05, 0) is 32.9 Å². The van der Waals surface area contributed by atoms with Crippen LogP contribution in [0, 0.1) is 5.82 Å². The van der Waals surface area contributed by atoms with Crippen LogP contribution in [0.3, 0.4) is 0 Å². The van der Waals surface area contributed by atoms with Crippen LogP contribution in [0.5, 0.6) is 0 Å². The maximum Gasteiger partial charge on any atom is 0.189 e. The third kappa shape index (κ3) is 3.77. The minimum absolute atomic E-state index is 0.0710. The minimum atomic E-state index is -0.237. The zero-order chi connectivity index (χ0) is 14.8. The summed E-state index contributed by atoms with van der Waals surface area (Å²) in [5.41, 5.74) is 0.610. The Morgan fingerprint density at radius 2 is 2.00 bits per heavy atom. The van der Waals surface area contributed by atoms with Gasteiger partial charge in [-0.1, -0.05) is 12.1 Å². The molecule has 20 heavy (non-hydrogen) atoms. The van der Waals surface area contributed by atoms with Gasteiger partial charge in [-0.15, -0.1) is 11.3 Å². The van der Waals surface area contributed by atoms with Crippen molar-refractivity contribution in [3.8, 4) is 0 Å². The van der Waals surface area contributed by atoms with E-state index in [2.05, 4.69) is 31.1 Å². The second kappa shape index (κ2) is 5.89. The van der Waals surface area contributed by atoms with Gasteiger partial charge in [-0.3, -0.25) is 0 Å². The number of nitrogens with one attached hydrogen (secondary N) is 1. The third-order valence-corrected chi connectivity index (χ3v) is 3.91. The highest BCUT2D eigenvalue weighted by molar-refractivity contribution is 7.15. The summed E-state index contributed by atoms with van der Waals surface area (Å²) in [4.78, 5) is 7.29. The van der Waals surface area contributed by atoms with Gasteiger partial charge >= 0.3 is 0 Å². The Morgan fingerprint density at radius 1 is 1.30 bits per heavy atom. The average Bonchev–Trinajstić information content (AvgIpc) is 2.84. The van der Waals surface area contributed by atoms with Crippen LogP contribution in [0.25, 0.3) is 0 Å². The van der Waals surface area contributed by atoms with E-state index >= 15 is 0 Å². The van der Waals surface area contributed by atoms with Crippen molar-refractivity contribution in [2.24, 2.45) is 0 Å². The maximum absolute atomic E-state index is 13.8. The molecule has 0 aliphatic heterocycles. The number of thiazole rings is 1. The summed E-state index contributed by atoms with van der Waals surface area (Å²) in [6, 6.07) is 6.73. The van der Waals surface area contributed by atoms with Gasteiger partial charge in [-0.2, -0.15) is 0 Å². The molecule has 3 nitrogen and oxygen atoms in total. The van der Waals surface area contributed by atoms with Crippen molar-refractivity contribution < 1.29 is 4.39 Å². The van der Waals surface area contributed by atoms with Crippen molar-refractivity contribution in [1.82, 2.24) is 10.3 Å². The van der Waals surface area contributed by atoms with Crippen LogP contribution < -0.4 is 10.2 Å². The van der Waals surface area contributed by atoms with Gasteiger partial charge in [0.25, 0.3) is 0 Å². The zero-order valence-corrected chi connectivity index (χ0v) is 13.1. The van der Waals surface area contributed by atoms with Gasteiger partial charge in [0.15, 0.2) is 5.13 Å². The van der Waals surface area contributed by atoms with Crippen molar-refractivity contribution in [1.29, 1.82) is 0 Å². The van der Waals surface area contributed by atoms with Gasteiger partial charge in [0.05, 0.1) is 5.69 Å². The van der Waals surface area contributed by atoms with E-state index in [0.29, 0.717) is 5.69 Å². The van der Waals surface area contributed by atoms with E-state index in [-0.39, 0.29) is 11.4 Å². The van der Waals surface area contributed by atoms with Crippen LogP contribution in [-0.2, 0) is 6.54 Å². The first-order valence-corrected chi connectivity index (χ1v) is 7.36. The third-order valence-electron chi connectivity index (χ3n) is 2.84. The smallest absolute Gasteiger partial charge is 0.189 e. The van der Waals surface area contributed by atoms with Gasteiger partial charge in [-0.25, -0.2) is 9.37 Å². The molecule has 0 aliphatic carbocycles. The number of rotatable bonds is 4. The van der Waals surface area contributed by atoms with E-state index in [1.54, 1.807) is 28.4 Å². The Balaban J connectivity index is 2.11. The predicted octanol–water partition coefficient (Wildman–Crippen LogP) is 3.94. The van der Waals surface area contributed by atoms with E-state index in [9.17, 15) is 4.39 Å². The average molecular weight is 293 g/mol. The van der Waals surface area contributed by atoms with Crippen molar-refractivity contribution >= 4 is 22.2 Å². The monoisotopic (exact) mass is 293 g/mol. The molecule has 1 aromatic heterocycles. The summed E-state index contributed by atoms with van der Waals surface area (Å²) < 4.78 is 13.8. The number of halogens is 1. The van der Waals surface area contributed by atoms with Gasteiger partial charge < -0.3 is 10.2 Å². The molecule has 0 fully saturated rings. The van der Waals surface area contributed by atoms with Crippen LogP contribution in [0.15, 0.2) is 30.5 Å². The number of nitrogens with zero attached hydrogens (tertiary/aromatic N) is 2. The fourth-order valence-corrected chi connectivity index (χ4v) is 2.54. The molecular weight excluding hydrogens is 273 g/mol. The summed E-state index contributed by atoms with van der Waals surface area (Å²) in [6.07, 6.45) is 1.84. The van der Waals surface area contributed by atoms with Crippen molar-refractivity contribution in [3.05, 3.63) is 41.2 Å². The van der Waals surface area contributed by atoms with E-state index in [1.807, 2.05) is 19.3 Å². The number of para-hydroxylation sites is 1.